The minimum absolute atomic E-state index is 0.176. The number of hydrogen-bond acceptors (Lipinski definition) is 4. The van der Waals surface area contributed by atoms with Crippen molar-refractivity contribution in [3.63, 3.8) is 0 Å². The minimum Gasteiger partial charge on any atom is -0.390 e. The zero-order chi connectivity index (χ0) is 16.5. The Balaban J connectivity index is 1.49. The molecule has 0 radical (unpaired) electrons. The molecule has 6 nitrogen and oxygen atoms in total. The van der Waals surface area contributed by atoms with Crippen molar-refractivity contribution in [1.29, 1.82) is 0 Å². The molecule has 2 fully saturated rings. The first-order valence-electron chi connectivity index (χ1n) is 8.51. The van der Waals surface area contributed by atoms with Gasteiger partial charge in [0.15, 0.2) is 0 Å². The van der Waals surface area contributed by atoms with Gasteiger partial charge in [0, 0.05) is 38.7 Å². The number of aromatic nitrogens is 2. The van der Waals surface area contributed by atoms with Gasteiger partial charge in [0.05, 0.1) is 24.0 Å². The topological polar surface area (TPSA) is 67.6 Å². The monoisotopic (exact) mass is 321 g/mol. The van der Waals surface area contributed by atoms with E-state index in [1.165, 1.54) is 0 Å². The molecule has 1 unspecified atom stereocenters. The van der Waals surface area contributed by atoms with E-state index in [9.17, 15) is 9.90 Å². The number of rotatable bonds is 3. The number of likely N-dealkylation sites (tertiary alicyclic amines) is 1. The molecule has 1 spiro atoms. The largest absolute Gasteiger partial charge is 0.390 e. The van der Waals surface area contributed by atoms with E-state index in [0.29, 0.717) is 45.5 Å². The van der Waals surface area contributed by atoms with Gasteiger partial charge < -0.3 is 14.7 Å². The maximum atomic E-state index is 12.4. The van der Waals surface area contributed by atoms with Gasteiger partial charge in [0.1, 0.15) is 0 Å². The second-order valence-corrected chi connectivity index (χ2v) is 7.37. The number of carbonyl (C=O) groups is 1. The van der Waals surface area contributed by atoms with Gasteiger partial charge in [-0.3, -0.25) is 9.48 Å². The van der Waals surface area contributed by atoms with Gasteiger partial charge in [0.2, 0.25) is 5.91 Å². The fraction of sp³-hybridized carbons (Fsp3) is 0.765. The molecule has 1 amide bonds. The van der Waals surface area contributed by atoms with E-state index < -0.39 is 5.60 Å². The number of nitrogens with zero attached hydrogens (tertiary/aromatic N) is 3. The van der Waals surface area contributed by atoms with Crippen LogP contribution in [0.5, 0.6) is 0 Å². The first kappa shape index (κ1) is 16.5. The minimum atomic E-state index is -0.637. The lowest BCUT2D eigenvalue weighted by Gasteiger charge is -2.48. The van der Waals surface area contributed by atoms with Gasteiger partial charge >= 0.3 is 0 Å². The van der Waals surface area contributed by atoms with Crippen molar-refractivity contribution < 1.29 is 14.6 Å². The molecular weight excluding hydrogens is 294 g/mol. The molecule has 0 bridgehead atoms. The SMILES string of the molecule is Cc1cnn(CCC(=O)N2CCC3(CC2)CC(C)(O)CCO3)c1. The van der Waals surface area contributed by atoms with Crippen molar-refractivity contribution in [3.8, 4) is 0 Å². The first-order chi connectivity index (χ1) is 10.9. The number of piperidine rings is 1. The Morgan fingerprint density at radius 3 is 2.74 bits per heavy atom. The molecule has 128 valence electrons. The lowest BCUT2D eigenvalue weighted by molar-refractivity contribution is -0.175. The molecule has 6 heteroatoms. The van der Waals surface area contributed by atoms with Crippen LogP contribution < -0.4 is 0 Å². The van der Waals surface area contributed by atoms with Crippen molar-refractivity contribution in [2.45, 2.75) is 63.7 Å². The first-order valence-corrected chi connectivity index (χ1v) is 8.51. The Hall–Kier alpha value is -1.40. The van der Waals surface area contributed by atoms with E-state index >= 15 is 0 Å². The third-order valence-electron chi connectivity index (χ3n) is 5.10. The van der Waals surface area contributed by atoms with Crippen molar-refractivity contribution in [2.75, 3.05) is 19.7 Å². The molecule has 0 saturated carbocycles. The third kappa shape index (κ3) is 3.93. The average molecular weight is 321 g/mol. The zero-order valence-corrected chi connectivity index (χ0v) is 14.1. The maximum absolute atomic E-state index is 12.4. The van der Waals surface area contributed by atoms with Crippen LogP contribution in [0, 0.1) is 6.92 Å². The van der Waals surface area contributed by atoms with E-state index in [2.05, 4.69) is 5.10 Å². The smallest absolute Gasteiger partial charge is 0.224 e. The highest BCUT2D eigenvalue weighted by atomic mass is 16.5. The van der Waals surface area contributed by atoms with Crippen LogP contribution in [-0.2, 0) is 16.1 Å². The predicted octanol–water partition coefficient (Wildman–Crippen LogP) is 1.50. The number of hydrogen-bond donors (Lipinski definition) is 1. The van der Waals surface area contributed by atoms with E-state index in [-0.39, 0.29) is 11.5 Å². The lowest BCUT2D eigenvalue weighted by atomic mass is 9.78. The number of aryl methyl sites for hydroxylation is 2. The summed E-state index contributed by atoms with van der Waals surface area (Å²) in [5.74, 6) is 0.176. The molecule has 1 aromatic heterocycles. The lowest BCUT2D eigenvalue weighted by Crippen LogP contribution is -2.54. The van der Waals surface area contributed by atoms with E-state index in [4.69, 9.17) is 4.74 Å². The molecular formula is C17H27N3O3. The van der Waals surface area contributed by atoms with Gasteiger partial charge in [-0.25, -0.2) is 0 Å². The van der Waals surface area contributed by atoms with Crippen LogP contribution in [0.15, 0.2) is 12.4 Å². The third-order valence-corrected chi connectivity index (χ3v) is 5.10. The predicted molar refractivity (Wildman–Crippen MR) is 85.9 cm³/mol. The van der Waals surface area contributed by atoms with Crippen LogP contribution in [0.25, 0.3) is 0 Å². The number of amides is 1. The highest BCUT2D eigenvalue weighted by molar-refractivity contribution is 5.76. The van der Waals surface area contributed by atoms with E-state index in [1.54, 1.807) is 6.20 Å². The van der Waals surface area contributed by atoms with Crippen molar-refractivity contribution in [2.24, 2.45) is 0 Å². The van der Waals surface area contributed by atoms with Gasteiger partial charge in [-0.05, 0) is 38.7 Å². The van der Waals surface area contributed by atoms with E-state index in [1.807, 2.05) is 29.6 Å². The molecule has 3 rings (SSSR count). The highest BCUT2D eigenvalue weighted by Gasteiger charge is 2.44. The van der Waals surface area contributed by atoms with Crippen LogP contribution in [0.4, 0.5) is 0 Å². The number of aliphatic hydroxyl groups is 1. The summed E-state index contributed by atoms with van der Waals surface area (Å²) in [7, 11) is 0. The fourth-order valence-corrected chi connectivity index (χ4v) is 3.76. The molecule has 23 heavy (non-hydrogen) atoms. The van der Waals surface area contributed by atoms with Crippen molar-refractivity contribution in [3.05, 3.63) is 18.0 Å². The Kier molecular flexibility index (Phi) is 4.47. The van der Waals surface area contributed by atoms with Gasteiger partial charge in [0.25, 0.3) is 0 Å². The van der Waals surface area contributed by atoms with Crippen molar-refractivity contribution in [1.82, 2.24) is 14.7 Å². The number of ether oxygens (including phenoxy) is 1. The summed E-state index contributed by atoms with van der Waals surface area (Å²) >= 11 is 0. The molecule has 1 atom stereocenters. The van der Waals surface area contributed by atoms with Crippen LogP contribution in [0.2, 0.25) is 0 Å². The summed E-state index contributed by atoms with van der Waals surface area (Å²) in [5.41, 5.74) is 0.235. The Morgan fingerprint density at radius 1 is 1.39 bits per heavy atom. The van der Waals surface area contributed by atoms with Crippen LogP contribution >= 0.6 is 0 Å². The van der Waals surface area contributed by atoms with Gasteiger partial charge in [-0.15, -0.1) is 0 Å². The Bertz CT molecular complexity index is 559. The Morgan fingerprint density at radius 2 is 2.13 bits per heavy atom. The Labute approximate surface area is 137 Å². The molecule has 0 aromatic carbocycles. The van der Waals surface area contributed by atoms with Crippen molar-refractivity contribution >= 4 is 5.91 Å². The van der Waals surface area contributed by atoms with E-state index in [0.717, 1.165) is 18.4 Å². The summed E-state index contributed by atoms with van der Waals surface area (Å²) in [6.45, 7) is 6.55. The van der Waals surface area contributed by atoms with Crippen LogP contribution in [0.1, 0.15) is 44.6 Å². The molecule has 2 aliphatic heterocycles. The molecule has 0 aliphatic carbocycles. The summed E-state index contributed by atoms with van der Waals surface area (Å²) in [5, 5.41) is 14.5. The zero-order valence-electron chi connectivity index (χ0n) is 14.1. The van der Waals surface area contributed by atoms with Crippen LogP contribution in [-0.4, -0.2) is 56.6 Å². The van der Waals surface area contributed by atoms with Gasteiger partial charge in [-0.2, -0.15) is 5.10 Å². The average Bonchev–Trinajstić information content (AvgIpc) is 2.90. The molecule has 1 aromatic rings. The second-order valence-electron chi connectivity index (χ2n) is 7.37. The highest BCUT2D eigenvalue weighted by Crippen LogP contribution is 2.39. The molecule has 1 N–H and O–H groups in total. The standard InChI is InChI=1S/C17H27N3O3/c1-14-11-18-20(12-14)7-3-15(21)19-8-4-17(5-9-19)13-16(2,22)6-10-23-17/h11-12,22H,3-10,13H2,1-2H3. The van der Waals surface area contributed by atoms with Gasteiger partial charge in [-0.1, -0.05) is 0 Å². The van der Waals surface area contributed by atoms with Crippen LogP contribution in [0.3, 0.4) is 0 Å². The summed E-state index contributed by atoms with van der Waals surface area (Å²) in [6, 6.07) is 0. The fourth-order valence-electron chi connectivity index (χ4n) is 3.76. The molecule has 2 aliphatic rings. The summed E-state index contributed by atoms with van der Waals surface area (Å²) in [6.07, 6.45) is 7.24. The molecule has 2 saturated heterocycles. The molecule has 3 heterocycles. The normalized spacial score (nSPS) is 27.3. The quantitative estimate of drug-likeness (QED) is 0.916. The summed E-state index contributed by atoms with van der Waals surface area (Å²) in [4.78, 5) is 14.3. The second kappa shape index (κ2) is 6.24. The maximum Gasteiger partial charge on any atom is 0.224 e. The number of carbonyl (C=O) groups excluding carboxylic acids is 1. The summed E-state index contributed by atoms with van der Waals surface area (Å²) < 4.78 is 7.81.